The molecule has 0 aliphatic carbocycles. The fraction of sp³-hybridized carbons (Fsp3) is 0.780. The van der Waals surface area contributed by atoms with Crippen LogP contribution in [0.2, 0.25) is 0 Å². The van der Waals surface area contributed by atoms with Crippen molar-refractivity contribution >= 4 is 17.9 Å². The molecule has 0 aromatic carbocycles. The molecule has 0 radical (unpaired) electrons. The standard InChI is InChI=1S/C59H104O6/c1-4-7-10-13-16-19-22-24-26-28-30-32-33-35-37-40-43-46-49-52-58(61)64-55-56(54-63-57(60)51-48-45-42-39-21-18-15-12-9-6-3)65-59(62)53-50-47-44-41-38-36-34-31-29-27-25-23-20-17-14-11-8-5-2/h7,10,15-16,18-19,24,26,31,34,56H,4-6,8-9,11-14,17,20-23,25,27-30,32-33,35-55H2,1-3H3/b10-7-,18-15-,19-16-,26-24-,34-31-. The number of carbonyl (C=O) groups excluding carboxylic acids is 3. The van der Waals surface area contributed by atoms with Gasteiger partial charge in [0, 0.05) is 19.3 Å². The molecular formula is C59H104O6. The van der Waals surface area contributed by atoms with E-state index >= 15 is 0 Å². The minimum absolute atomic E-state index is 0.0833. The highest BCUT2D eigenvalue weighted by Crippen LogP contribution is 2.15. The quantitative estimate of drug-likeness (QED) is 0.0262. The van der Waals surface area contributed by atoms with Crippen LogP contribution in [0.15, 0.2) is 60.8 Å². The summed E-state index contributed by atoms with van der Waals surface area (Å²) in [4.78, 5) is 38.0. The fourth-order valence-corrected chi connectivity index (χ4v) is 7.79. The Bertz CT molecular complexity index is 1180. The summed E-state index contributed by atoms with van der Waals surface area (Å²) >= 11 is 0. The van der Waals surface area contributed by atoms with Crippen LogP contribution in [-0.2, 0) is 28.6 Å². The zero-order chi connectivity index (χ0) is 47.2. The molecule has 376 valence electrons. The van der Waals surface area contributed by atoms with Crippen molar-refractivity contribution in [2.45, 2.75) is 284 Å². The molecule has 0 heterocycles. The summed E-state index contributed by atoms with van der Waals surface area (Å²) in [5.41, 5.74) is 0. The molecule has 6 heteroatoms. The Balaban J connectivity index is 4.33. The first kappa shape index (κ1) is 62.1. The third-order valence-electron chi connectivity index (χ3n) is 12.0. The van der Waals surface area contributed by atoms with Crippen LogP contribution < -0.4 is 0 Å². The van der Waals surface area contributed by atoms with Crippen LogP contribution in [0.4, 0.5) is 0 Å². The van der Waals surface area contributed by atoms with E-state index < -0.39 is 6.10 Å². The largest absolute Gasteiger partial charge is 0.462 e. The summed E-state index contributed by atoms with van der Waals surface area (Å²) in [5.74, 6) is -0.903. The fourth-order valence-electron chi connectivity index (χ4n) is 7.79. The molecule has 1 atom stereocenters. The summed E-state index contributed by atoms with van der Waals surface area (Å²) < 4.78 is 16.8. The number of ether oxygens (including phenoxy) is 3. The topological polar surface area (TPSA) is 78.9 Å². The van der Waals surface area contributed by atoms with Crippen molar-refractivity contribution in [2.75, 3.05) is 13.2 Å². The van der Waals surface area contributed by atoms with E-state index in [0.29, 0.717) is 19.3 Å². The van der Waals surface area contributed by atoms with Gasteiger partial charge in [0.15, 0.2) is 6.10 Å². The van der Waals surface area contributed by atoms with E-state index in [4.69, 9.17) is 14.2 Å². The van der Waals surface area contributed by atoms with Crippen molar-refractivity contribution in [3.8, 4) is 0 Å². The van der Waals surface area contributed by atoms with Gasteiger partial charge in [-0.2, -0.15) is 0 Å². The van der Waals surface area contributed by atoms with Crippen LogP contribution in [0.3, 0.4) is 0 Å². The number of unbranched alkanes of at least 4 members (excludes halogenated alkanes) is 29. The van der Waals surface area contributed by atoms with Crippen molar-refractivity contribution < 1.29 is 28.6 Å². The highest BCUT2D eigenvalue weighted by atomic mass is 16.6. The lowest BCUT2D eigenvalue weighted by Crippen LogP contribution is -2.30. The Morgan fingerprint density at radius 2 is 0.615 bits per heavy atom. The molecule has 0 N–H and O–H groups in total. The number of rotatable bonds is 50. The lowest BCUT2D eigenvalue weighted by atomic mass is 10.1. The molecule has 0 amide bonds. The van der Waals surface area contributed by atoms with Gasteiger partial charge in [0.1, 0.15) is 13.2 Å². The van der Waals surface area contributed by atoms with Crippen molar-refractivity contribution in [3.05, 3.63) is 60.8 Å². The SMILES string of the molecule is CC/C=C\C/C=C\C/C=C\CCCCCCCCCCCC(=O)OCC(COC(=O)CCCCCC/C=C\CCCC)OC(=O)CCCCCCC/C=C\CCCCCCCCCCC. The third kappa shape index (κ3) is 51.9. The molecule has 0 fully saturated rings. The molecule has 0 bridgehead atoms. The van der Waals surface area contributed by atoms with Gasteiger partial charge in [-0.3, -0.25) is 14.4 Å². The second kappa shape index (κ2) is 53.7. The molecule has 0 spiro atoms. The van der Waals surface area contributed by atoms with Crippen molar-refractivity contribution in [1.82, 2.24) is 0 Å². The van der Waals surface area contributed by atoms with Crippen LogP contribution in [-0.4, -0.2) is 37.2 Å². The lowest BCUT2D eigenvalue weighted by Gasteiger charge is -2.18. The highest BCUT2D eigenvalue weighted by molar-refractivity contribution is 5.71. The van der Waals surface area contributed by atoms with Gasteiger partial charge in [-0.15, -0.1) is 0 Å². The van der Waals surface area contributed by atoms with E-state index in [1.165, 1.54) is 128 Å². The second-order valence-electron chi connectivity index (χ2n) is 18.5. The molecule has 0 aliphatic heterocycles. The van der Waals surface area contributed by atoms with E-state index in [1.807, 2.05) is 0 Å². The van der Waals surface area contributed by atoms with Crippen molar-refractivity contribution in [2.24, 2.45) is 0 Å². The third-order valence-corrected chi connectivity index (χ3v) is 12.0. The maximum Gasteiger partial charge on any atom is 0.306 e. The summed E-state index contributed by atoms with van der Waals surface area (Å²) in [5, 5.41) is 0. The molecule has 1 unspecified atom stereocenters. The maximum atomic E-state index is 12.8. The predicted octanol–water partition coefficient (Wildman–Crippen LogP) is 18.4. The summed E-state index contributed by atoms with van der Waals surface area (Å²) in [7, 11) is 0. The molecule has 0 aromatic heterocycles. The molecule has 0 saturated heterocycles. The molecule has 65 heavy (non-hydrogen) atoms. The van der Waals surface area contributed by atoms with Crippen LogP contribution in [0.1, 0.15) is 278 Å². The molecular weight excluding hydrogens is 805 g/mol. The Hall–Kier alpha value is -2.89. The summed E-state index contributed by atoms with van der Waals surface area (Å²) in [6.07, 6.45) is 66.4. The van der Waals surface area contributed by atoms with Crippen molar-refractivity contribution in [3.63, 3.8) is 0 Å². The lowest BCUT2D eigenvalue weighted by molar-refractivity contribution is -0.167. The summed E-state index contributed by atoms with van der Waals surface area (Å²) in [6, 6.07) is 0. The Morgan fingerprint density at radius 1 is 0.323 bits per heavy atom. The van der Waals surface area contributed by atoms with Gasteiger partial charge in [0.25, 0.3) is 0 Å². The van der Waals surface area contributed by atoms with Crippen molar-refractivity contribution in [1.29, 1.82) is 0 Å². The van der Waals surface area contributed by atoms with Gasteiger partial charge in [0.05, 0.1) is 0 Å². The molecule has 6 nitrogen and oxygen atoms in total. The average molecular weight is 909 g/mol. The van der Waals surface area contributed by atoms with Crippen LogP contribution in [0.5, 0.6) is 0 Å². The van der Waals surface area contributed by atoms with Gasteiger partial charge in [-0.05, 0) is 96.3 Å². The first-order valence-electron chi connectivity index (χ1n) is 27.8. The van der Waals surface area contributed by atoms with E-state index in [9.17, 15) is 14.4 Å². The van der Waals surface area contributed by atoms with Gasteiger partial charge >= 0.3 is 17.9 Å². The minimum atomic E-state index is -0.784. The predicted molar refractivity (Wildman–Crippen MR) is 279 cm³/mol. The van der Waals surface area contributed by atoms with Crippen LogP contribution in [0.25, 0.3) is 0 Å². The van der Waals surface area contributed by atoms with E-state index in [2.05, 4.69) is 81.5 Å². The van der Waals surface area contributed by atoms with Gasteiger partial charge < -0.3 is 14.2 Å². The minimum Gasteiger partial charge on any atom is -0.462 e. The van der Waals surface area contributed by atoms with Gasteiger partial charge in [-0.1, -0.05) is 223 Å². The number of hydrogen-bond donors (Lipinski definition) is 0. The number of allylic oxidation sites excluding steroid dienone is 10. The number of carbonyl (C=O) groups is 3. The highest BCUT2D eigenvalue weighted by Gasteiger charge is 2.19. The van der Waals surface area contributed by atoms with E-state index in [1.54, 1.807) is 0 Å². The molecule has 0 aliphatic rings. The van der Waals surface area contributed by atoms with Crippen LogP contribution in [0, 0.1) is 0 Å². The average Bonchev–Trinajstić information content (AvgIpc) is 3.30. The molecule has 0 aromatic rings. The second-order valence-corrected chi connectivity index (χ2v) is 18.5. The first-order valence-corrected chi connectivity index (χ1v) is 27.8. The number of hydrogen-bond acceptors (Lipinski definition) is 6. The normalized spacial score (nSPS) is 12.5. The zero-order valence-corrected chi connectivity index (χ0v) is 43.0. The molecule has 0 rings (SSSR count). The van der Waals surface area contributed by atoms with E-state index in [-0.39, 0.29) is 31.1 Å². The first-order chi connectivity index (χ1) is 32.0. The Morgan fingerprint density at radius 3 is 1.00 bits per heavy atom. The number of esters is 3. The van der Waals surface area contributed by atoms with Gasteiger partial charge in [0.2, 0.25) is 0 Å². The zero-order valence-electron chi connectivity index (χ0n) is 43.0. The van der Waals surface area contributed by atoms with Crippen LogP contribution >= 0.6 is 0 Å². The van der Waals surface area contributed by atoms with E-state index in [0.717, 1.165) is 109 Å². The smallest absolute Gasteiger partial charge is 0.306 e. The Kier molecular flexibility index (Phi) is 51.3. The molecule has 0 saturated carbocycles. The maximum absolute atomic E-state index is 12.8. The Labute approximate surface area is 402 Å². The monoisotopic (exact) mass is 909 g/mol. The summed E-state index contributed by atoms with van der Waals surface area (Å²) in [6.45, 7) is 6.48. The van der Waals surface area contributed by atoms with Gasteiger partial charge in [-0.25, -0.2) is 0 Å².